The van der Waals surface area contributed by atoms with Crippen LogP contribution in [0.3, 0.4) is 0 Å². The van der Waals surface area contributed by atoms with E-state index in [1.807, 2.05) is 75.5 Å². The Morgan fingerprint density at radius 2 is 1.78 bits per heavy atom. The largest absolute Gasteiger partial charge is 0.488 e. The molecule has 2 N–H and O–H groups in total. The molecule has 0 saturated carbocycles. The zero-order valence-corrected chi connectivity index (χ0v) is 24.8. The number of sulfonamides is 1. The number of fused-ring (bicyclic) bond motifs is 1. The number of hydrogen-bond acceptors (Lipinski definition) is 7. The third-order valence-corrected chi connectivity index (χ3v) is 7.67. The Balaban J connectivity index is 1.52. The Bertz CT molecular complexity index is 1420. The number of para-hydroxylation sites is 1. The Kier molecular flexibility index (Phi) is 9.90. The maximum Gasteiger partial charge on any atom is 0.229 e. The molecule has 0 radical (unpaired) electrons. The fourth-order valence-corrected chi connectivity index (χ4v) is 5.45. The first-order valence-corrected chi connectivity index (χ1v) is 15.6. The Labute approximate surface area is 242 Å². The quantitative estimate of drug-likeness (QED) is 0.371. The highest BCUT2D eigenvalue weighted by Gasteiger charge is 2.31. The van der Waals surface area contributed by atoms with Crippen LogP contribution in [0.4, 0.5) is 5.69 Å². The summed E-state index contributed by atoms with van der Waals surface area (Å²) in [6, 6.07) is 22.3. The first-order chi connectivity index (χ1) is 19.5. The number of nitrogens with one attached hydrogen (secondary N) is 1. The van der Waals surface area contributed by atoms with Gasteiger partial charge in [-0.1, -0.05) is 37.3 Å². The highest BCUT2D eigenvalue weighted by atomic mass is 32.2. The lowest BCUT2D eigenvalue weighted by atomic mass is 10.0. The van der Waals surface area contributed by atoms with Gasteiger partial charge in [-0.2, -0.15) is 0 Å². The van der Waals surface area contributed by atoms with Crippen LogP contribution in [-0.4, -0.2) is 74.4 Å². The van der Waals surface area contributed by atoms with E-state index in [1.165, 1.54) is 0 Å². The van der Waals surface area contributed by atoms with Crippen molar-refractivity contribution in [2.75, 3.05) is 37.7 Å². The molecule has 3 aromatic rings. The Morgan fingerprint density at radius 1 is 1.10 bits per heavy atom. The second kappa shape index (κ2) is 13.4. The molecule has 220 valence electrons. The summed E-state index contributed by atoms with van der Waals surface area (Å²) in [5.74, 6) is 1.90. The van der Waals surface area contributed by atoms with Gasteiger partial charge in [0.25, 0.3) is 0 Å². The molecule has 4 rings (SSSR count). The van der Waals surface area contributed by atoms with E-state index in [-0.39, 0.29) is 37.0 Å². The minimum absolute atomic E-state index is 0.0334. The van der Waals surface area contributed by atoms with E-state index in [1.54, 1.807) is 23.1 Å². The Morgan fingerprint density at radius 3 is 2.44 bits per heavy atom. The fraction of sp³-hybridized carbons (Fsp3) is 0.387. The van der Waals surface area contributed by atoms with Crippen LogP contribution >= 0.6 is 0 Å². The van der Waals surface area contributed by atoms with Crippen LogP contribution in [0.1, 0.15) is 25.0 Å². The third-order valence-electron chi connectivity index (χ3n) is 7.07. The number of ether oxygens (including phenoxy) is 2. The van der Waals surface area contributed by atoms with Crippen molar-refractivity contribution >= 4 is 21.6 Å². The number of benzene rings is 3. The summed E-state index contributed by atoms with van der Waals surface area (Å²) in [5.41, 5.74) is 2.07. The molecule has 0 fully saturated rings. The molecule has 0 spiro atoms. The molecule has 10 heteroatoms. The zero-order valence-electron chi connectivity index (χ0n) is 24.0. The Hall–Kier alpha value is -3.60. The molecule has 0 aliphatic carbocycles. The van der Waals surface area contributed by atoms with Gasteiger partial charge in [-0.3, -0.25) is 14.4 Å². The minimum Gasteiger partial charge on any atom is -0.488 e. The van der Waals surface area contributed by atoms with Gasteiger partial charge in [0.1, 0.15) is 23.4 Å². The fourth-order valence-electron chi connectivity index (χ4n) is 4.90. The first kappa shape index (κ1) is 30.4. The number of likely N-dealkylation sites (N-methyl/N-ethyl adjacent to an activating group) is 1. The average molecular weight is 582 g/mol. The van der Waals surface area contributed by atoms with E-state index in [4.69, 9.17) is 9.47 Å². The zero-order chi connectivity index (χ0) is 29.6. The van der Waals surface area contributed by atoms with Gasteiger partial charge in [0.2, 0.25) is 15.9 Å². The summed E-state index contributed by atoms with van der Waals surface area (Å²) in [6.07, 6.45) is 0.844. The lowest BCUT2D eigenvalue weighted by Gasteiger charge is -2.34. The maximum atomic E-state index is 13.3. The molecular weight excluding hydrogens is 542 g/mol. The summed E-state index contributed by atoms with van der Waals surface area (Å²) < 4.78 is 38.5. The highest BCUT2D eigenvalue weighted by Crippen LogP contribution is 2.30. The molecule has 1 amide bonds. The molecule has 3 atom stereocenters. The molecule has 41 heavy (non-hydrogen) atoms. The maximum absolute atomic E-state index is 13.3. The number of nitrogens with zero attached hydrogens (tertiary/aromatic N) is 2. The lowest BCUT2D eigenvalue weighted by Crippen LogP contribution is -2.47. The van der Waals surface area contributed by atoms with Crippen LogP contribution < -0.4 is 14.2 Å². The summed E-state index contributed by atoms with van der Waals surface area (Å²) in [5, 5.41) is 9.85. The van der Waals surface area contributed by atoms with Crippen molar-refractivity contribution < 1.29 is 27.8 Å². The van der Waals surface area contributed by atoms with Gasteiger partial charge in [-0.25, -0.2) is 8.42 Å². The smallest absolute Gasteiger partial charge is 0.229 e. The number of anilines is 1. The van der Waals surface area contributed by atoms with Crippen LogP contribution in [0, 0.1) is 5.92 Å². The van der Waals surface area contributed by atoms with Crippen LogP contribution in [0.25, 0.3) is 0 Å². The summed E-state index contributed by atoms with van der Waals surface area (Å²) >= 11 is 0. The van der Waals surface area contributed by atoms with Crippen molar-refractivity contribution in [1.82, 2.24) is 9.80 Å². The molecule has 1 heterocycles. The van der Waals surface area contributed by atoms with E-state index in [2.05, 4.69) is 9.62 Å². The van der Waals surface area contributed by atoms with Gasteiger partial charge in [0, 0.05) is 36.8 Å². The van der Waals surface area contributed by atoms with Gasteiger partial charge in [0.15, 0.2) is 0 Å². The third kappa shape index (κ3) is 8.69. The highest BCUT2D eigenvalue weighted by molar-refractivity contribution is 7.92. The van der Waals surface area contributed by atoms with Crippen LogP contribution in [0.15, 0.2) is 72.8 Å². The van der Waals surface area contributed by atoms with Crippen molar-refractivity contribution in [2.45, 2.75) is 39.0 Å². The number of hydrogen-bond donors (Lipinski definition) is 2. The number of aliphatic hydroxyl groups is 1. The SMILES string of the molecule is C[C@H]1CN([C@@H](C)CO)C(=O)Cc2cc(NS(C)(=O)=O)ccc2O[C@H]1CN(C)Cc1ccc(Oc2ccccc2)cc1. The van der Waals surface area contributed by atoms with E-state index in [0.29, 0.717) is 36.6 Å². The van der Waals surface area contributed by atoms with Crippen molar-refractivity contribution in [3.63, 3.8) is 0 Å². The van der Waals surface area contributed by atoms with Gasteiger partial charge >= 0.3 is 0 Å². The molecule has 0 saturated heterocycles. The second-order valence-corrected chi connectivity index (χ2v) is 12.6. The lowest BCUT2D eigenvalue weighted by molar-refractivity contribution is -0.134. The van der Waals surface area contributed by atoms with Gasteiger partial charge in [-0.15, -0.1) is 0 Å². The van der Waals surface area contributed by atoms with Gasteiger partial charge in [0.05, 0.1) is 25.3 Å². The minimum atomic E-state index is -3.49. The monoisotopic (exact) mass is 581 g/mol. The van der Waals surface area contributed by atoms with E-state index in [9.17, 15) is 18.3 Å². The number of aliphatic hydroxyl groups excluding tert-OH is 1. The van der Waals surface area contributed by atoms with Crippen LogP contribution in [-0.2, 0) is 27.8 Å². The van der Waals surface area contributed by atoms with Crippen LogP contribution in [0.2, 0.25) is 0 Å². The average Bonchev–Trinajstić information content (AvgIpc) is 2.96. The van der Waals surface area contributed by atoms with Crippen molar-refractivity contribution in [3.05, 3.63) is 83.9 Å². The van der Waals surface area contributed by atoms with E-state index < -0.39 is 10.0 Å². The molecule has 0 bridgehead atoms. The van der Waals surface area contributed by atoms with E-state index in [0.717, 1.165) is 23.3 Å². The molecular formula is C31H39N3O6S. The van der Waals surface area contributed by atoms with E-state index >= 15 is 0 Å². The number of carbonyl (C=O) groups excluding carboxylic acids is 1. The molecule has 9 nitrogen and oxygen atoms in total. The topological polar surface area (TPSA) is 108 Å². The normalized spacial score (nSPS) is 18.5. The summed E-state index contributed by atoms with van der Waals surface area (Å²) in [7, 11) is -1.46. The molecule has 0 unspecified atom stereocenters. The number of carbonyl (C=O) groups is 1. The molecule has 0 aromatic heterocycles. The number of rotatable bonds is 10. The predicted molar refractivity (Wildman–Crippen MR) is 160 cm³/mol. The molecule has 1 aliphatic heterocycles. The van der Waals surface area contributed by atoms with Gasteiger partial charge < -0.3 is 19.5 Å². The molecule has 1 aliphatic rings. The van der Waals surface area contributed by atoms with Gasteiger partial charge in [-0.05, 0) is 62.0 Å². The van der Waals surface area contributed by atoms with Crippen molar-refractivity contribution in [1.29, 1.82) is 0 Å². The second-order valence-electron chi connectivity index (χ2n) is 10.8. The summed E-state index contributed by atoms with van der Waals surface area (Å²) in [6.45, 7) is 5.39. The summed E-state index contributed by atoms with van der Waals surface area (Å²) in [4.78, 5) is 17.2. The predicted octanol–water partition coefficient (Wildman–Crippen LogP) is 4.13. The van der Waals surface area contributed by atoms with Crippen molar-refractivity contribution in [2.24, 2.45) is 5.92 Å². The standard InChI is InChI=1S/C31H39N3O6S/c1-22-18-34(23(2)21-35)31(36)17-25-16-26(32-41(4,37)38)12-15-29(25)40-30(22)20-33(3)19-24-10-13-28(14-11-24)39-27-8-6-5-7-9-27/h5-16,22-23,30,32,35H,17-21H2,1-4H3/t22-,23-,30-/m0/s1. The van der Waals surface area contributed by atoms with Crippen LogP contribution in [0.5, 0.6) is 17.2 Å². The van der Waals surface area contributed by atoms with Crippen molar-refractivity contribution in [3.8, 4) is 17.2 Å². The first-order valence-electron chi connectivity index (χ1n) is 13.7. The number of amides is 1. The molecule has 3 aromatic carbocycles.